The zero-order valence-corrected chi connectivity index (χ0v) is 52.5. The van der Waals surface area contributed by atoms with E-state index in [4.69, 9.17) is 27.4 Å². The van der Waals surface area contributed by atoms with Gasteiger partial charge in [0, 0.05) is 88.9 Å². The number of ether oxygens (including phenoxy) is 2. The summed E-state index contributed by atoms with van der Waals surface area (Å²) in [4.78, 5) is 30.4. The molecule has 0 radical (unpaired) electrons. The second-order valence-corrected chi connectivity index (χ2v) is 22.6. The van der Waals surface area contributed by atoms with Gasteiger partial charge in [0.2, 0.25) is 11.9 Å². The summed E-state index contributed by atoms with van der Waals surface area (Å²) in [5.74, 6) is -1.92. The first-order valence-corrected chi connectivity index (χ1v) is 30.2. The van der Waals surface area contributed by atoms with Crippen molar-refractivity contribution in [2.24, 2.45) is 11.8 Å². The monoisotopic (exact) mass is 1280 g/mol. The third-order valence-corrected chi connectivity index (χ3v) is 14.4. The molecule has 8 rings (SSSR count). The van der Waals surface area contributed by atoms with Crippen molar-refractivity contribution >= 4 is 55.4 Å². The second kappa shape index (κ2) is 35.4. The Bertz CT molecular complexity index is 2930. The number of nitrogens with one attached hydrogen (secondary N) is 1. The van der Waals surface area contributed by atoms with Crippen LogP contribution >= 0.6 is 22.6 Å². The maximum absolute atomic E-state index is 14.8. The molecule has 4 aromatic heterocycles. The molecule has 15 nitrogen and oxygen atoms in total. The molecule has 80 heavy (non-hydrogen) atoms. The van der Waals surface area contributed by atoms with Crippen LogP contribution in [0.25, 0.3) is 22.3 Å². The number of nitrogens with zero attached hydrogens (tertiary/aromatic N) is 8. The molecule has 432 valence electrons. The normalized spacial score (nSPS) is 13.8. The van der Waals surface area contributed by atoms with Crippen molar-refractivity contribution in [3.63, 3.8) is 0 Å². The van der Waals surface area contributed by atoms with Gasteiger partial charge >= 0.3 is 29.6 Å². The molecular weight excluding hydrogens is 1210 g/mol. The molecule has 0 saturated carbocycles. The van der Waals surface area contributed by atoms with Gasteiger partial charge in [-0.05, 0) is 184 Å². The number of unbranched alkanes of at least 4 members (excludes halogenated alkanes) is 1. The van der Waals surface area contributed by atoms with Crippen molar-refractivity contribution in [1.82, 2.24) is 35.2 Å². The SMILES string of the molecule is CCCCNC.CCc1cnc(N2CCC(COc3c(F)cc(-c4ccc(I)nc4C)cc3F)CC2)nc1.CCc1cnc(N2CCC(COc3c(F)cc(-c4ccc(S(C)(=O)=O)nc4C)cc3F)CC2)nc1.CS(=O)[O-].FF.[Na+]. The van der Waals surface area contributed by atoms with Crippen LogP contribution in [0.2, 0.25) is 0 Å². The van der Waals surface area contributed by atoms with Gasteiger partial charge < -0.3 is 29.1 Å². The third kappa shape index (κ3) is 22.0. The largest absolute Gasteiger partial charge is 1.00 e. The van der Waals surface area contributed by atoms with Gasteiger partial charge in [-0.15, -0.1) is 0 Å². The van der Waals surface area contributed by atoms with E-state index in [0.29, 0.717) is 28.3 Å². The minimum Gasteiger partial charge on any atom is -0.773 e. The van der Waals surface area contributed by atoms with E-state index in [1.54, 1.807) is 6.92 Å². The molecule has 2 aliphatic rings. The molecule has 1 N–H and O–H groups in total. The Morgan fingerprint density at radius 2 is 1.05 bits per heavy atom. The van der Waals surface area contributed by atoms with Crippen molar-refractivity contribution in [2.45, 2.75) is 91.0 Å². The van der Waals surface area contributed by atoms with Gasteiger partial charge in [0.15, 0.2) is 49.6 Å². The number of benzene rings is 2. The Kier molecular flexibility index (Phi) is 30.9. The van der Waals surface area contributed by atoms with Crippen LogP contribution in [-0.2, 0) is 33.8 Å². The molecule has 0 aliphatic carbocycles. The number of pyridine rings is 2. The van der Waals surface area contributed by atoms with Gasteiger partial charge in [-0.2, -0.15) is 0 Å². The molecule has 6 aromatic rings. The maximum Gasteiger partial charge on any atom is 1.00 e. The molecule has 25 heteroatoms. The fourth-order valence-corrected chi connectivity index (χ4v) is 9.49. The molecule has 2 aromatic carbocycles. The Labute approximate surface area is 504 Å². The molecule has 2 fully saturated rings. The number of sulfone groups is 1. The maximum atomic E-state index is 14.8. The van der Waals surface area contributed by atoms with Gasteiger partial charge in [-0.3, -0.25) is 4.21 Å². The van der Waals surface area contributed by atoms with Gasteiger partial charge in [-0.25, -0.2) is 55.9 Å². The van der Waals surface area contributed by atoms with Crippen LogP contribution in [-0.4, -0.2) is 113 Å². The summed E-state index contributed by atoms with van der Waals surface area (Å²) in [7, 11) is -1.50. The van der Waals surface area contributed by atoms with Gasteiger partial charge in [0.05, 0.1) is 13.2 Å². The summed E-state index contributed by atoms with van der Waals surface area (Å²) >= 11 is 0.249. The smallest absolute Gasteiger partial charge is 0.773 e. The zero-order valence-electron chi connectivity index (χ0n) is 46.7. The standard InChI is InChI=1S/C25H28F2N4O3S.C24H25F2IN4O.C5H13N.CH4O2S.F2.Na/c1-4-17-13-28-25(29-14-17)31-9-7-18(8-10-31)15-34-24-21(26)11-19(12-22(24)27)20-5-6-23(30-16(20)2)35(3,32)33;1-3-16-12-28-24(29-13-16)31-8-6-17(7-9-31)14-32-23-20(25)10-18(11-21(23)26)19-4-5-22(27)30-15(19)2;1-3-4-5-6-2;1-4(2)3;1-2;/h5-6,11-14,18H,4,7-10,15H2,1-3H3;4-5,10-13,17H,3,6-9,14H2,1-2H3;6H,3-5H2,1-2H3;1H3,(H,2,3);;/q;;;;;+1/p-1. The van der Waals surface area contributed by atoms with Gasteiger partial charge in [0.25, 0.3) is 0 Å². The van der Waals surface area contributed by atoms with Crippen LogP contribution in [0.3, 0.4) is 0 Å². The zero-order chi connectivity index (χ0) is 58.2. The first kappa shape index (κ1) is 69.7. The first-order chi connectivity index (χ1) is 37.7. The Balaban J connectivity index is 0.000000347. The molecule has 1 atom stereocenters. The second-order valence-electron chi connectivity index (χ2n) is 18.7. The molecule has 0 spiro atoms. The molecule has 2 saturated heterocycles. The van der Waals surface area contributed by atoms with E-state index < -0.39 is 49.9 Å². The number of piperidine rings is 2. The van der Waals surface area contributed by atoms with Crippen LogP contribution in [0.15, 0.2) is 78.3 Å². The number of hydrogen-bond donors (Lipinski definition) is 1. The van der Waals surface area contributed by atoms with Crippen LogP contribution in [0.1, 0.15) is 81.8 Å². The quantitative estimate of drug-likeness (QED) is 0.0243. The number of aromatic nitrogens is 6. The summed E-state index contributed by atoms with van der Waals surface area (Å²) in [5.41, 5.74) is 5.16. The topological polar surface area (TPSA) is 189 Å². The predicted octanol–water partition coefficient (Wildman–Crippen LogP) is 8.32. The fraction of sp³-hybridized carbons (Fsp3) is 0.455. The van der Waals surface area contributed by atoms with E-state index in [2.05, 4.69) is 88.4 Å². The summed E-state index contributed by atoms with van der Waals surface area (Å²) in [5, 5.41) is 2.98. The molecule has 0 bridgehead atoms. The van der Waals surface area contributed by atoms with Crippen LogP contribution < -0.4 is 54.1 Å². The van der Waals surface area contributed by atoms with E-state index in [9.17, 15) is 26.0 Å². The summed E-state index contributed by atoms with van der Waals surface area (Å²) in [6.45, 7) is 14.5. The minimum absolute atomic E-state index is 0. The first-order valence-electron chi connectivity index (χ1n) is 25.7. The summed E-state index contributed by atoms with van der Waals surface area (Å²) < 4.78 is 128. The Hall–Kier alpha value is -4.57. The van der Waals surface area contributed by atoms with Crippen LogP contribution in [0.4, 0.5) is 38.6 Å². The predicted molar refractivity (Wildman–Crippen MR) is 304 cm³/mol. The fourth-order valence-electron chi connectivity index (χ4n) is 8.33. The van der Waals surface area contributed by atoms with Crippen molar-refractivity contribution in [2.75, 3.05) is 75.3 Å². The summed E-state index contributed by atoms with van der Waals surface area (Å²) in [6.07, 6.45) is 17.3. The average Bonchev–Trinajstić information content (AvgIpc) is 3.43. The van der Waals surface area contributed by atoms with Gasteiger partial charge in [0.1, 0.15) is 3.70 Å². The van der Waals surface area contributed by atoms with Crippen molar-refractivity contribution in [3.8, 4) is 33.8 Å². The minimum atomic E-state index is -3.48. The van der Waals surface area contributed by atoms with Crippen molar-refractivity contribution < 1.29 is 82.9 Å². The van der Waals surface area contributed by atoms with Crippen LogP contribution in [0.5, 0.6) is 11.5 Å². The summed E-state index contributed by atoms with van der Waals surface area (Å²) in [6, 6.07) is 11.5. The molecular formula is C55H69F6IN9NaO6S2. The molecule has 6 heterocycles. The number of anilines is 2. The van der Waals surface area contributed by atoms with Crippen molar-refractivity contribution in [3.05, 3.63) is 123 Å². The average molecular weight is 1280 g/mol. The number of hydrogen-bond acceptors (Lipinski definition) is 15. The van der Waals surface area contributed by atoms with E-state index in [1.807, 2.05) is 50.9 Å². The molecule has 2 aliphatic heterocycles. The Morgan fingerprint density at radius 3 is 1.35 bits per heavy atom. The molecule has 0 amide bonds. The van der Waals surface area contributed by atoms with E-state index >= 15 is 0 Å². The molecule has 1 unspecified atom stereocenters. The van der Waals surface area contributed by atoms with Crippen LogP contribution in [0, 0.1) is 52.7 Å². The third-order valence-electron chi connectivity index (χ3n) is 12.8. The number of rotatable bonds is 16. The Morgan fingerprint density at radius 1 is 0.688 bits per heavy atom. The van der Waals surface area contributed by atoms with E-state index in [-0.39, 0.29) is 70.9 Å². The number of aryl methyl sites for hydroxylation is 4. The van der Waals surface area contributed by atoms with E-state index in [0.717, 1.165) is 110 Å². The number of halogens is 7. The van der Waals surface area contributed by atoms with Crippen molar-refractivity contribution in [1.29, 1.82) is 0 Å². The van der Waals surface area contributed by atoms with E-state index in [1.165, 1.54) is 49.2 Å². The van der Waals surface area contributed by atoms with Gasteiger partial charge in [-0.1, -0.05) is 38.3 Å².